The molecule has 2 aromatic carbocycles. The Bertz CT molecular complexity index is 1530. The molecule has 176 valence electrons. The number of carbonyl (C=O) groups excluding carboxylic acids is 3. The van der Waals surface area contributed by atoms with Crippen LogP contribution in [0, 0.1) is 6.92 Å². The summed E-state index contributed by atoms with van der Waals surface area (Å²) >= 11 is 1.40. The molecule has 0 radical (unpaired) electrons. The number of nitrogens with zero attached hydrogens (tertiary/aromatic N) is 3. The van der Waals surface area contributed by atoms with Gasteiger partial charge in [-0.05, 0) is 25.0 Å². The van der Waals surface area contributed by atoms with Gasteiger partial charge in [-0.25, -0.2) is 14.5 Å². The zero-order chi connectivity index (χ0) is 24.7. The summed E-state index contributed by atoms with van der Waals surface area (Å²) in [5.41, 5.74) is 2.97. The number of aryl methyl sites for hydroxylation is 1. The molecule has 35 heavy (non-hydrogen) atoms. The van der Waals surface area contributed by atoms with Gasteiger partial charge in [0, 0.05) is 10.4 Å². The van der Waals surface area contributed by atoms with E-state index in [0.29, 0.717) is 15.8 Å². The van der Waals surface area contributed by atoms with Gasteiger partial charge in [0.2, 0.25) is 0 Å². The van der Waals surface area contributed by atoms with Gasteiger partial charge in [0.1, 0.15) is 23.2 Å². The van der Waals surface area contributed by atoms with Gasteiger partial charge >= 0.3 is 6.03 Å². The molecule has 0 aliphatic carbocycles. The SMILES string of the molecule is Cc1sc2ncn(NC(=O)CN3C(=O)NC(C)(c4ccccc4)C3=O)c(=O)c2c1-c1ccccc1. The van der Waals surface area contributed by atoms with Gasteiger partial charge in [0.15, 0.2) is 0 Å². The molecule has 1 unspecified atom stereocenters. The third-order valence-electron chi connectivity index (χ3n) is 6.02. The fourth-order valence-electron chi connectivity index (χ4n) is 4.26. The average molecular weight is 488 g/mol. The van der Waals surface area contributed by atoms with Crippen LogP contribution in [0.4, 0.5) is 4.79 Å². The summed E-state index contributed by atoms with van der Waals surface area (Å²) in [6.07, 6.45) is 1.23. The number of thiophene rings is 1. The molecule has 5 rings (SSSR count). The largest absolute Gasteiger partial charge is 0.325 e. The van der Waals surface area contributed by atoms with Crippen molar-refractivity contribution in [3.63, 3.8) is 0 Å². The number of carbonyl (C=O) groups is 3. The minimum atomic E-state index is -1.28. The summed E-state index contributed by atoms with van der Waals surface area (Å²) in [4.78, 5) is 58.3. The number of hydrogen-bond acceptors (Lipinski definition) is 6. The molecule has 3 heterocycles. The Kier molecular flexibility index (Phi) is 5.45. The molecule has 10 heteroatoms. The van der Waals surface area contributed by atoms with Gasteiger partial charge < -0.3 is 5.32 Å². The molecule has 0 saturated carbocycles. The van der Waals surface area contributed by atoms with Crippen molar-refractivity contribution in [3.8, 4) is 11.1 Å². The van der Waals surface area contributed by atoms with Crippen LogP contribution >= 0.6 is 11.3 Å². The Morgan fingerprint density at radius 3 is 2.40 bits per heavy atom. The number of nitrogens with one attached hydrogen (secondary N) is 2. The minimum Gasteiger partial charge on any atom is -0.319 e. The van der Waals surface area contributed by atoms with E-state index in [1.165, 1.54) is 17.7 Å². The van der Waals surface area contributed by atoms with Gasteiger partial charge in [-0.2, -0.15) is 0 Å². The van der Waals surface area contributed by atoms with Crippen LogP contribution in [-0.4, -0.2) is 39.0 Å². The van der Waals surface area contributed by atoms with Crippen LogP contribution in [0.5, 0.6) is 0 Å². The molecular weight excluding hydrogens is 466 g/mol. The number of benzene rings is 2. The summed E-state index contributed by atoms with van der Waals surface area (Å²) in [7, 11) is 0. The van der Waals surface area contributed by atoms with Crippen LogP contribution in [-0.2, 0) is 15.1 Å². The van der Waals surface area contributed by atoms with Gasteiger partial charge in [0.05, 0.1) is 5.39 Å². The van der Waals surface area contributed by atoms with E-state index >= 15 is 0 Å². The molecule has 2 N–H and O–H groups in total. The Morgan fingerprint density at radius 2 is 1.71 bits per heavy atom. The zero-order valence-corrected chi connectivity index (χ0v) is 19.8. The molecule has 1 aliphatic heterocycles. The molecule has 1 atom stereocenters. The second-order valence-corrected chi connectivity index (χ2v) is 9.55. The average Bonchev–Trinajstić information content (AvgIpc) is 3.31. The molecule has 1 aliphatic rings. The van der Waals surface area contributed by atoms with Crippen molar-refractivity contribution < 1.29 is 14.4 Å². The van der Waals surface area contributed by atoms with E-state index in [-0.39, 0.29) is 0 Å². The Hall–Kier alpha value is -4.31. The molecule has 9 nitrogen and oxygen atoms in total. The second kappa shape index (κ2) is 8.48. The molecule has 2 aromatic heterocycles. The number of rotatable bonds is 5. The number of fused-ring (bicyclic) bond motifs is 1. The molecule has 1 saturated heterocycles. The first-order valence-corrected chi connectivity index (χ1v) is 11.7. The Balaban J connectivity index is 1.41. The van der Waals surface area contributed by atoms with Crippen LogP contribution in [0.25, 0.3) is 21.3 Å². The Labute approximate surface area is 204 Å². The third-order valence-corrected chi connectivity index (χ3v) is 7.04. The van der Waals surface area contributed by atoms with Gasteiger partial charge in [-0.3, -0.25) is 24.7 Å². The molecular formula is C25H21N5O4S. The van der Waals surface area contributed by atoms with Crippen molar-refractivity contribution in [3.05, 3.63) is 87.8 Å². The smallest absolute Gasteiger partial charge is 0.319 e. The van der Waals surface area contributed by atoms with Crippen molar-refractivity contribution in [2.24, 2.45) is 0 Å². The molecule has 4 amide bonds. The van der Waals surface area contributed by atoms with Crippen LogP contribution in [0.3, 0.4) is 0 Å². The first-order chi connectivity index (χ1) is 16.8. The highest BCUT2D eigenvalue weighted by Crippen LogP contribution is 2.35. The second-order valence-electron chi connectivity index (χ2n) is 8.35. The highest BCUT2D eigenvalue weighted by molar-refractivity contribution is 7.19. The predicted octanol–water partition coefficient (Wildman–Crippen LogP) is 2.97. The lowest BCUT2D eigenvalue weighted by Gasteiger charge is -2.22. The number of imide groups is 1. The lowest BCUT2D eigenvalue weighted by Crippen LogP contribution is -2.44. The first kappa shape index (κ1) is 22.5. The van der Waals surface area contributed by atoms with Crippen LogP contribution in [0.2, 0.25) is 0 Å². The number of hydrogen-bond donors (Lipinski definition) is 2. The van der Waals surface area contributed by atoms with Crippen LogP contribution < -0.4 is 16.3 Å². The molecule has 4 aromatic rings. The van der Waals surface area contributed by atoms with Crippen LogP contribution in [0.1, 0.15) is 17.4 Å². The van der Waals surface area contributed by atoms with E-state index in [0.717, 1.165) is 25.6 Å². The summed E-state index contributed by atoms with van der Waals surface area (Å²) in [5.74, 6) is -1.26. The third kappa shape index (κ3) is 3.77. The molecule has 0 spiro atoms. The summed E-state index contributed by atoms with van der Waals surface area (Å²) in [6, 6.07) is 17.6. The highest BCUT2D eigenvalue weighted by Gasteiger charge is 2.49. The maximum Gasteiger partial charge on any atom is 0.325 e. The van der Waals surface area contributed by atoms with Gasteiger partial charge in [-0.1, -0.05) is 60.7 Å². The van der Waals surface area contributed by atoms with Crippen molar-refractivity contribution in [2.45, 2.75) is 19.4 Å². The van der Waals surface area contributed by atoms with E-state index in [1.807, 2.05) is 37.3 Å². The standard InChI is InChI=1S/C25H21N5O4S/c1-15-19(16-9-5-3-6-10-16)20-21(35-15)26-14-30(22(20)32)28-18(31)13-29-23(33)25(2,27-24(29)34)17-11-7-4-8-12-17/h3-12,14H,13H2,1-2H3,(H,27,34)(H,28,31). The van der Waals surface area contributed by atoms with E-state index in [9.17, 15) is 19.2 Å². The topological polar surface area (TPSA) is 113 Å². The van der Waals surface area contributed by atoms with Gasteiger partial charge in [0.25, 0.3) is 17.4 Å². The maximum atomic E-state index is 13.3. The summed E-state index contributed by atoms with van der Waals surface area (Å²) < 4.78 is 0.984. The zero-order valence-electron chi connectivity index (χ0n) is 18.9. The predicted molar refractivity (Wildman–Crippen MR) is 132 cm³/mol. The summed E-state index contributed by atoms with van der Waals surface area (Å²) in [6.45, 7) is 2.96. The first-order valence-electron chi connectivity index (χ1n) is 10.9. The lowest BCUT2D eigenvalue weighted by atomic mass is 9.92. The Morgan fingerprint density at radius 1 is 1.06 bits per heavy atom. The number of urea groups is 1. The van der Waals surface area contributed by atoms with Crippen LogP contribution in [0.15, 0.2) is 71.8 Å². The van der Waals surface area contributed by atoms with E-state index in [2.05, 4.69) is 15.7 Å². The fourth-order valence-corrected chi connectivity index (χ4v) is 5.26. The van der Waals surface area contributed by atoms with Gasteiger partial charge in [-0.15, -0.1) is 11.3 Å². The van der Waals surface area contributed by atoms with E-state index in [1.54, 1.807) is 37.3 Å². The summed E-state index contributed by atoms with van der Waals surface area (Å²) in [5, 5.41) is 3.05. The molecule has 0 bridgehead atoms. The highest BCUT2D eigenvalue weighted by atomic mass is 32.1. The monoisotopic (exact) mass is 487 g/mol. The lowest BCUT2D eigenvalue weighted by molar-refractivity contribution is -0.133. The number of aromatic nitrogens is 2. The van der Waals surface area contributed by atoms with Crippen molar-refractivity contribution in [2.75, 3.05) is 12.0 Å². The fraction of sp³-hybridized carbons (Fsp3) is 0.160. The minimum absolute atomic E-state index is 0.396. The van der Waals surface area contributed by atoms with Crippen molar-refractivity contribution >= 4 is 39.4 Å². The van der Waals surface area contributed by atoms with Crippen molar-refractivity contribution in [1.29, 1.82) is 0 Å². The normalized spacial score (nSPS) is 17.6. The quantitative estimate of drug-likeness (QED) is 0.420. The number of amides is 4. The maximum absolute atomic E-state index is 13.3. The molecule has 1 fully saturated rings. The van der Waals surface area contributed by atoms with E-state index < -0.39 is 35.5 Å². The van der Waals surface area contributed by atoms with Crippen molar-refractivity contribution in [1.82, 2.24) is 19.9 Å². The van der Waals surface area contributed by atoms with E-state index in [4.69, 9.17) is 0 Å².